The Morgan fingerprint density at radius 1 is 1.04 bits per heavy atom. The quantitative estimate of drug-likeness (QED) is 0.700. The van der Waals surface area contributed by atoms with Crippen molar-refractivity contribution < 1.29 is 14.3 Å². The second-order valence-corrected chi connectivity index (χ2v) is 5.59. The van der Waals surface area contributed by atoms with E-state index in [2.05, 4.69) is 4.98 Å². The van der Waals surface area contributed by atoms with Gasteiger partial charge in [-0.2, -0.15) is 0 Å². The third-order valence-corrected chi connectivity index (χ3v) is 3.68. The maximum absolute atomic E-state index is 11.0. The lowest BCUT2D eigenvalue weighted by Crippen LogP contribution is -2.14. The molecule has 0 aliphatic carbocycles. The van der Waals surface area contributed by atoms with E-state index in [9.17, 15) is 9.90 Å². The zero-order valence-electron chi connectivity index (χ0n) is 13.1. The highest BCUT2D eigenvalue weighted by atomic mass is 16.5. The van der Waals surface area contributed by atoms with Crippen LogP contribution >= 0.6 is 0 Å². The van der Waals surface area contributed by atoms with Gasteiger partial charge in [-0.1, -0.05) is 48.5 Å². The fourth-order valence-electron chi connectivity index (χ4n) is 2.52. The Balaban J connectivity index is 1.64. The predicted molar refractivity (Wildman–Crippen MR) is 90.0 cm³/mol. The number of aliphatic hydroxyl groups is 1. The zero-order chi connectivity index (χ0) is 16.8. The van der Waals surface area contributed by atoms with Crippen LogP contribution in [0.5, 0.6) is 5.75 Å². The number of ether oxygens (including phenoxy) is 1. The van der Waals surface area contributed by atoms with E-state index in [1.165, 1.54) is 6.20 Å². The summed E-state index contributed by atoms with van der Waals surface area (Å²) in [7, 11) is 0. The van der Waals surface area contributed by atoms with E-state index in [4.69, 9.17) is 9.15 Å². The number of aliphatic hydroxyl groups excluding tert-OH is 1. The number of benzene rings is 2. The van der Waals surface area contributed by atoms with Crippen molar-refractivity contribution in [3.63, 3.8) is 0 Å². The van der Waals surface area contributed by atoms with Crippen LogP contribution in [0.2, 0.25) is 0 Å². The Labute approximate surface area is 139 Å². The van der Waals surface area contributed by atoms with E-state index < -0.39 is 11.9 Å². The summed E-state index contributed by atoms with van der Waals surface area (Å²) in [5, 5.41) is 10.2. The average molecular weight is 325 g/mol. The van der Waals surface area contributed by atoms with Crippen molar-refractivity contribution in [2.75, 3.05) is 0 Å². The van der Waals surface area contributed by atoms with E-state index in [0.29, 0.717) is 18.8 Å². The van der Waals surface area contributed by atoms with Crippen LogP contribution in [0, 0.1) is 0 Å². The van der Waals surface area contributed by atoms with E-state index >= 15 is 0 Å². The minimum Gasteiger partial charge on any atom is -0.489 e. The predicted octanol–water partition coefficient (Wildman–Crippen LogP) is 2.69. The lowest BCUT2D eigenvalue weighted by molar-refractivity contribution is 0.165. The second kappa shape index (κ2) is 7.66. The van der Waals surface area contributed by atoms with Gasteiger partial charge in [-0.25, -0.2) is 4.79 Å². The molecule has 3 aromatic rings. The van der Waals surface area contributed by atoms with E-state index in [-0.39, 0.29) is 6.42 Å². The normalized spacial score (nSPS) is 12.0. The van der Waals surface area contributed by atoms with Crippen LogP contribution in [0.3, 0.4) is 0 Å². The maximum Gasteiger partial charge on any atom is 0.416 e. The molecule has 1 atom stereocenters. The monoisotopic (exact) mass is 325 g/mol. The van der Waals surface area contributed by atoms with Crippen molar-refractivity contribution in [2.45, 2.75) is 25.6 Å². The van der Waals surface area contributed by atoms with E-state index in [1.54, 1.807) is 0 Å². The molecule has 1 unspecified atom stereocenters. The standard InChI is InChI=1S/C19H19NO4/c21-16(11-17-12-20-19(22)24-17)10-15-8-4-5-9-18(15)23-13-14-6-2-1-3-7-14/h1-9,12,16,21H,10-11,13H2,(H,20,22). The van der Waals surface area contributed by atoms with Crippen LogP contribution in [0.25, 0.3) is 0 Å². The first-order valence-corrected chi connectivity index (χ1v) is 7.81. The van der Waals surface area contributed by atoms with Crippen LogP contribution in [-0.4, -0.2) is 16.2 Å². The number of rotatable bonds is 7. The van der Waals surface area contributed by atoms with Gasteiger partial charge in [0, 0.05) is 19.0 Å². The van der Waals surface area contributed by atoms with Crippen molar-refractivity contribution in [3.8, 4) is 5.75 Å². The van der Waals surface area contributed by atoms with E-state index in [0.717, 1.165) is 16.9 Å². The molecule has 124 valence electrons. The Morgan fingerprint density at radius 3 is 2.54 bits per heavy atom. The van der Waals surface area contributed by atoms with Crippen LogP contribution in [0.15, 0.2) is 70.0 Å². The summed E-state index contributed by atoms with van der Waals surface area (Å²) in [6.45, 7) is 0.473. The molecule has 0 bridgehead atoms. The molecule has 1 aromatic heterocycles. The zero-order valence-corrected chi connectivity index (χ0v) is 13.1. The largest absolute Gasteiger partial charge is 0.489 e. The third-order valence-electron chi connectivity index (χ3n) is 3.68. The number of hydrogen-bond acceptors (Lipinski definition) is 4. The lowest BCUT2D eigenvalue weighted by atomic mass is 10.0. The Morgan fingerprint density at radius 2 is 1.79 bits per heavy atom. The van der Waals surface area contributed by atoms with Gasteiger partial charge in [0.15, 0.2) is 0 Å². The molecular formula is C19H19NO4. The molecule has 0 aliphatic heterocycles. The number of oxazole rings is 1. The Kier molecular flexibility index (Phi) is 5.13. The highest BCUT2D eigenvalue weighted by Gasteiger charge is 2.13. The summed E-state index contributed by atoms with van der Waals surface area (Å²) in [5.41, 5.74) is 2.00. The molecule has 0 saturated carbocycles. The van der Waals surface area contributed by atoms with Gasteiger partial charge < -0.3 is 14.3 Å². The van der Waals surface area contributed by atoms with Gasteiger partial charge in [0.1, 0.15) is 18.1 Å². The molecule has 0 saturated heterocycles. The van der Waals surface area contributed by atoms with Crippen LogP contribution in [0.4, 0.5) is 0 Å². The number of aromatic nitrogens is 1. The molecule has 1 heterocycles. The first kappa shape index (κ1) is 16.1. The highest BCUT2D eigenvalue weighted by molar-refractivity contribution is 5.34. The van der Waals surface area contributed by atoms with Crippen molar-refractivity contribution in [1.82, 2.24) is 4.98 Å². The van der Waals surface area contributed by atoms with Gasteiger partial charge in [-0.15, -0.1) is 0 Å². The van der Waals surface area contributed by atoms with Crippen molar-refractivity contribution >= 4 is 0 Å². The number of nitrogens with one attached hydrogen (secondary N) is 1. The van der Waals surface area contributed by atoms with Gasteiger partial charge in [0.05, 0.1) is 6.10 Å². The van der Waals surface area contributed by atoms with Crippen LogP contribution in [-0.2, 0) is 19.4 Å². The van der Waals surface area contributed by atoms with Gasteiger partial charge in [0.2, 0.25) is 0 Å². The summed E-state index contributed by atoms with van der Waals surface area (Å²) < 4.78 is 10.8. The summed E-state index contributed by atoms with van der Waals surface area (Å²) in [6.07, 6.45) is 1.50. The summed E-state index contributed by atoms with van der Waals surface area (Å²) in [6, 6.07) is 17.6. The van der Waals surface area contributed by atoms with Gasteiger partial charge in [-0.3, -0.25) is 4.98 Å². The van der Waals surface area contributed by atoms with Crippen LogP contribution in [0.1, 0.15) is 16.9 Å². The fraction of sp³-hybridized carbons (Fsp3) is 0.211. The molecule has 0 radical (unpaired) electrons. The van der Waals surface area contributed by atoms with Gasteiger partial charge in [0.25, 0.3) is 0 Å². The third kappa shape index (κ3) is 4.36. The minimum absolute atomic E-state index is 0.270. The molecule has 0 spiro atoms. The van der Waals surface area contributed by atoms with Crippen LogP contribution < -0.4 is 10.5 Å². The molecule has 2 N–H and O–H groups in total. The molecule has 3 rings (SSSR count). The number of aromatic amines is 1. The smallest absolute Gasteiger partial charge is 0.416 e. The highest BCUT2D eigenvalue weighted by Crippen LogP contribution is 2.21. The summed E-state index contributed by atoms with van der Waals surface area (Å²) >= 11 is 0. The maximum atomic E-state index is 11.0. The average Bonchev–Trinajstić information content (AvgIpc) is 3.00. The molecule has 0 fully saturated rings. The molecule has 24 heavy (non-hydrogen) atoms. The Hall–Kier alpha value is -2.79. The summed E-state index contributed by atoms with van der Waals surface area (Å²) in [5.74, 6) is 0.676. The number of hydrogen-bond donors (Lipinski definition) is 2. The first-order chi connectivity index (χ1) is 11.7. The minimum atomic E-state index is -0.662. The second-order valence-electron chi connectivity index (χ2n) is 5.59. The van der Waals surface area contributed by atoms with Gasteiger partial charge in [-0.05, 0) is 17.2 Å². The first-order valence-electron chi connectivity index (χ1n) is 7.81. The van der Waals surface area contributed by atoms with Crippen molar-refractivity contribution in [3.05, 3.63) is 88.2 Å². The van der Waals surface area contributed by atoms with Gasteiger partial charge >= 0.3 is 5.76 Å². The SMILES string of the molecule is O=c1[nH]cc(CC(O)Cc2ccccc2OCc2ccccc2)o1. The number of H-pyrrole nitrogens is 1. The van der Waals surface area contributed by atoms with E-state index in [1.807, 2.05) is 54.6 Å². The summed E-state index contributed by atoms with van der Waals surface area (Å²) in [4.78, 5) is 13.4. The number of para-hydroxylation sites is 1. The van der Waals surface area contributed by atoms with Crippen molar-refractivity contribution in [1.29, 1.82) is 0 Å². The fourth-order valence-corrected chi connectivity index (χ4v) is 2.52. The molecule has 0 amide bonds. The Bertz CT molecular complexity index is 822. The molecule has 0 aliphatic rings. The molecular weight excluding hydrogens is 306 g/mol. The topological polar surface area (TPSA) is 75.5 Å². The lowest BCUT2D eigenvalue weighted by Gasteiger charge is -2.14. The molecule has 2 aromatic carbocycles. The van der Waals surface area contributed by atoms with Crippen molar-refractivity contribution in [2.24, 2.45) is 0 Å². The molecule has 5 heteroatoms. The molecule has 5 nitrogen and oxygen atoms in total.